The van der Waals surface area contributed by atoms with E-state index in [4.69, 9.17) is 0 Å². The van der Waals surface area contributed by atoms with E-state index in [9.17, 15) is 5.26 Å². The van der Waals surface area contributed by atoms with Crippen molar-refractivity contribution in [3.05, 3.63) is 117 Å². The number of rotatable bonds is 0. The fraction of sp³-hybridized carbons (Fsp3) is 0.0385. The monoisotopic (exact) mass is 419 g/mol. The van der Waals surface area contributed by atoms with Gasteiger partial charge in [0, 0.05) is 4.47 Å². The average Bonchev–Trinajstić information content (AvgIpc) is 3.20. The summed E-state index contributed by atoms with van der Waals surface area (Å²) in [5, 5.41) is 9.59. The molecule has 28 heavy (non-hydrogen) atoms. The molecule has 0 saturated carbocycles. The van der Waals surface area contributed by atoms with Gasteiger partial charge < -0.3 is 0 Å². The number of nitriles is 1. The van der Waals surface area contributed by atoms with Crippen LogP contribution in [0.3, 0.4) is 0 Å². The molecule has 1 spiro atoms. The van der Waals surface area contributed by atoms with E-state index in [-0.39, 0.29) is 5.41 Å². The number of hydrogen-bond donors (Lipinski definition) is 0. The lowest BCUT2D eigenvalue weighted by molar-refractivity contribution is 0.792. The highest BCUT2D eigenvalue weighted by Gasteiger charge is 2.51. The zero-order valence-corrected chi connectivity index (χ0v) is 16.5. The van der Waals surface area contributed by atoms with Gasteiger partial charge in [-0.15, -0.1) is 0 Å². The molecule has 0 N–H and O–H groups in total. The largest absolute Gasteiger partial charge is 0.192 e. The minimum atomic E-state index is -0.380. The van der Waals surface area contributed by atoms with E-state index in [2.05, 4.69) is 101 Å². The molecule has 0 bridgehead atoms. The van der Waals surface area contributed by atoms with E-state index in [0.29, 0.717) is 5.56 Å². The third-order valence-electron chi connectivity index (χ3n) is 6.18. The van der Waals surface area contributed by atoms with E-state index in [0.717, 1.165) is 4.47 Å². The maximum absolute atomic E-state index is 9.59. The second kappa shape index (κ2) is 5.44. The zero-order valence-electron chi connectivity index (χ0n) is 14.9. The van der Waals surface area contributed by atoms with E-state index >= 15 is 0 Å². The Morgan fingerprint density at radius 1 is 0.607 bits per heavy atom. The van der Waals surface area contributed by atoms with Crippen LogP contribution in [0.5, 0.6) is 0 Å². The average molecular weight is 420 g/mol. The van der Waals surface area contributed by atoms with Gasteiger partial charge >= 0.3 is 0 Å². The summed E-state index contributed by atoms with van der Waals surface area (Å²) in [6.45, 7) is 0. The first kappa shape index (κ1) is 15.9. The lowest BCUT2D eigenvalue weighted by atomic mass is 9.70. The molecule has 4 aromatic rings. The molecule has 1 nitrogen and oxygen atoms in total. The lowest BCUT2D eigenvalue weighted by Gasteiger charge is -2.30. The standard InChI is InChI=1S/C26H14BrN/c27-17-10-12-21-19-6-2-4-8-23(19)26(25(21)14-17)22-7-3-1-5-18(22)20-11-9-16(15-28)13-24(20)26/h1-14H. The molecule has 1 unspecified atom stereocenters. The fourth-order valence-electron chi connectivity index (χ4n) is 5.18. The lowest BCUT2D eigenvalue weighted by Crippen LogP contribution is -2.26. The van der Waals surface area contributed by atoms with E-state index < -0.39 is 0 Å². The highest BCUT2D eigenvalue weighted by atomic mass is 79.9. The molecule has 0 amide bonds. The molecule has 0 fully saturated rings. The molecule has 2 aliphatic rings. The summed E-state index contributed by atoms with van der Waals surface area (Å²) in [4.78, 5) is 0. The van der Waals surface area contributed by atoms with Gasteiger partial charge in [0.25, 0.3) is 0 Å². The summed E-state index contributed by atoms with van der Waals surface area (Å²) in [5.74, 6) is 0. The minimum absolute atomic E-state index is 0.380. The Bertz CT molecular complexity index is 1330. The minimum Gasteiger partial charge on any atom is -0.192 e. The SMILES string of the molecule is N#Cc1ccc2c(c1)C1(c3ccccc3-c3ccc(Br)cc31)c1ccccc1-2. The molecular formula is C26H14BrN. The van der Waals surface area contributed by atoms with Crippen molar-refractivity contribution in [1.29, 1.82) is 5.26 Å². The van der Waals surface area contributed by atoms with Crippen molar-refractivity contribution in [2.45, 2.75) is 5.41 Å². The molecule has 0 heterocycles. The van der Waals surface area contributed by atoms with Gasteiger partial charge in [-0.1, -0.05) is 76.6 Å². The van der Waals surface area contributed by atoms with Crippen molar-refractivity contribution < 1.29 is 0 Å². The third kappa shape index (κ3) is 1.75. The number of halogens is 1. The predicted octanol–water partition coefficient (Wildman–Crippen LogP) is 6.66. The number of nitrogens with zero attached hydrogens (tertiary/aromatic N) is 1. The molecular weight excluding hydrogens is 406 g/mol. The van der Waals surface area contributed by atoms with Crippen molar-refractivity contribution in [1.82, 2.24) is 0 Å². The van der Waals surface area contributed by atoms with Crippen molar-refractivity contribution in [3.8, 4) is 28.3 Å². The van der Waals surface area contributed by atoms with Crippen LogP contribution in [-0.2, 0) is 5.41 Å². The molecule has 0 aliphatic heterocycles. The van der Waals surface area contributed by atoms with Crippen LogP contribution in [0.2, 0.25) is 0 Å². The highest BCUT2D eigenvalue weighted by Crippen LogP contribution is 2.62. The third-order valence-corrected chi connectivity index (χ3v) is 6.67. The summed E-state index contributed by atoms with van der Waals surface area (Å²) in [5.41, 5.74) is 10.4. The number of fused-ring (bicyclic) bond motifs is 10. The van der Waals surface area contributed by atoms with Crippen molar-refractivity contribution >= 4 is 15.9 Å². The van der Waals surface area contributed by atoms with E-state index in [1.807, 2.05) is 6.07 Å². The Balaban J connectivity index is 1.87. The highest BCUT2D eigenvalue weighted by molar-refractivity contribution is 9.10. The first-order chi connectivity index (χ1) is 13.7. The smallest absolute Gasteiger partial charge is 0.0991 e. The summed E-state index contributed by atoms with van der Waals surface area (Å²) in [6, 6.07) is 32.4. The molecule has 6 rings (SSSR count). The molecule has 0 aromatic heterocycles. The second-order valence-corrected chi connectivity index (χ2v) is 8.32. The van der Waals surface area contributed by atoms with Gasteiger partial charge in [-0.25, -0.2) is 0 Å². The van der Waals surface area contributed by atoms with Gasteiger partial charge in [0.05, 0.1) is 17.0 Å². The summed E-state index contributed by atoms with van der Waals surface area (Å²) < 4.78 is 1.07. The molecule has 0 radical (unpaired) electrons. The van der Waals surface area contributed by atoms with Gasteiger partial charge in [0.2, 0.25) is 0 Å². The van der Waals surface area contributed by atoms with Crippen LogP contribution in [0.25, 0.3) is 22.3 Å². The topological polar surface area (TPSA) is 23.8 Å². The van der Waals surface area contributed by atoms with Crippen LogP contribution < -0.4 is 0 Å². The van der Waals surface area contributed by atoms with Crippen molar-refractivity contribution in [2.75, 3.05) is 0 Å². The second-order valence-electron chi connectivity index (χ2n) is 7.40. The van der Waals surface area contributed by atoms with Crippen molar-refractivity contribution in [3.63, 3.8) is 0 Å². The van der Waals surface area contributed by atoms with Gasteiger partial charge in [0.15, 0.2) is 0 Å². The van der Waals surface area contributed by atoms with Crippen LogP contribution in [0.15, 0.2) is 89.4 Å². The molecule has 0 saturated heterocycles. The van der Waals surface area contributed by atoms with Gasteiger partial charge in [0.1, 0.15) is 0 Å². The maximum Gasteiger partial charge on any atom is 0.0991 e. The fourth-order valence-corrected chi connectivity index (χ4v) is 5.54. The first-order valence-corrected chi connectivity index (χ1v) is 10.1. The Hall–Kier alpha value is -3.15. The molecule has 2 heteroatoms. The normalized spacial score (nSPS) is 17.6. The summed E-state index contributed by atoms with van der Waals surface area (Å²) >= 11 is 3.70. The molecule has 130 valence electrons. The Labute approximate surface area is 172 Å². The summed E-state index contributed by atoms with van der Waals surface area (Å²) in [7, 11) is 0. The number of benzene rings is 4. The summed E-state index contributed by atoms with van der Waals surface area (Å²) in [6.07, 6.45) is 0. The predicted molar refractivity (Wildman–Crippen MR) is 115 cm³/mol. The van der Waals surface area contributed by atoms with E-state index in [1.54, 1.807) is 0 Å². The van der Waals surface area contributed by atoms with E-state index in [1.165, 1.54) is 44.5 Å². The van der Waals surface area contributed by atoms with Crippen LogP contribution in [0, 0.1) is 11.3 Å². The van der Waals surface area contributed by atoms with Crippen LogP contribution in [0.4, 0.5) is 0 Å². The van der Waals surface area contributed by atoms with Gasteiger partial charge in [-0.2, -0.15) is 5.26 Å². The Morgan fingerprint density at radius 3 is 1.79 bits per heavy atom. The Kier molecular flexibility index (Phi) is 3.08. The van der Waals surface area contributed by atoms with Crippen LogP contribution in [0.1, 0.15) is 27.8 Å². The molecule has 4 aromatic carbocycles. The Morgan fingerprint density at radius 2 is 1.14 bits per heavy atom. The van der Waals surface area contributed by atoms with Crippen LogP contribution in [-0.4, -0.2) is 0 Å². The number of hydrogen-bond acceptors (Lipinski definition) is 1. The van der Waals surface area contributed by atoms with Gasteiger partial charge in [-0.05, 0) is 68.8 Å². The maximum atomic E-state index is 9.59. The quantitative estimate of drug-likeness (QED) is 0.269. The van der Waals surface area contributed by atoms with Crippen molar-refractivity contribution in [2.24, 2.45) is 0 Å². The first-order valence-electron chi connectivity index (χ1n) is 9.29. The molecule has 1 atom stereocenters. The molecule has 2 aliphatic carbocycles. The zero-order chi connectivity index (χ0) is 18.9. The van der Waals surface area contributed by atoms with Crippen LogP contribution >= 0.6 is 15.9 Å². The van der Waals surface area contributed by atoms with Gasteiger partial charge in [-0.3, -0.25) is 0 Å².